The summed E-state index contributed by atoms with van der Waals surface area (Å²) in [6.45, 7) is 2.26. The average molecular weight is 184 g/mol. The van der Waals surface area contributed by atoms with E-state index in [0.29, 0.717) is 0 Å². The Morgan fingerprint density at radius 1 is 0.846 bits per heavy atom. The molecule has 2 nitrogen and oxygen atoms in total. The van der Waals surface area contributed by atoms with Crippen LogP contribution >= 0.6 is 0 Å². The fourth-order valence-electron chi connectivity index (χ4n) is 2.18. The number of rotatable bonds is 1. The molecule has 13 heavy (non-hydrogen) atoms. The van der Waals surface area contributed by atoms with Gasteiger partial charge in [0.25, 0.3) is 0 Å². The molecule has 1 fully saturated rings. The smallest absolute Gasteiger partial charge is 0.0293 e. The quantitative estimate of drug-likeness (QED) is 0.486. The van der Waals surface area contributed by atoms with Crippen molar-refractivity contribution in [2.24, 2.45) is 5.84 Å². The monoisotopic (exact) mass is 184 g/mol. The molecule has 0 atom stereocenters. The molecule has 0 radical (unpaired) electrons. The van der Waals surface area contributed by atoms with Crippen LogP contribution in [0.5, 0.6) is 0 Å². The molecule has 0 aromatic carbocycles. The van der Waals surface area contributed by atoms with Gasteiger partial charge in [0.15, 0.2) is 0 Å². The van der Waals surface area contributed by atoms with E-state index in [1.165, 1.54) is 57.8 Å². The summed E-state index contributed by atoms with van der Waals surface area (Å²) in [5.74, 6) is 5.60. The normalized spacial score (nSPS) is 25.4. The van der Waals surface area contributed by atoms with Gasteiger partial charge < -0.3 is 0 Å². The van der Waals surface area contributed by atoms with Crippen LogP contribution in [0.3, 0.4) is 0 Å². The van der Waals surface area contributed by atoms with Gasteiger partial charge in [-0.05, 0) is 19.8 Å². The van der Waals surface area contributed by atoms with Gasteiger partial charge in [0, 0.05) is 5.54 Å². The van der Waals surface area contributed by atoms with Gasteiger partial charge in [0.2, 0.25) is 0 Å². The fourth-order valence-corrected chi connectivity index (χ4v) is 2.18. The summed E-state index contributed by atoms with van der Waals surface area (Å²) in [7, 11) is 0. The van der Waals surface area contributed by atoms with Crippen molar-refractivity contribution in [3.63, 3.8) is 0 Å². The highest BCUT2D eigenvalue weighted by Crippen LogP contribution is 2.23. The van der Waals surface area contributed by atoms with Gasteiger partial charge >= 0.3 is 0 Å². The highest BCUT2D eigenvalue weighted by Gasteiger charge is 2.21. The minimum absolute atomic E-state index is 0.206. The summed E-state index contributed by atoms with van der Waals surface area (Å²) in [4.78, 5) is 0. The van der Waals surface area contributed by atoms with Crippen LogP contribution in [0.25, 0.3) is 0 Å². The van der Waals surface area contributed by atoms with Crippen molar-refractivity contribution >= 4 is 0 Å². The Balaban J connectivity index is 2.34. The Morgan fingerprint density at radius 3 is 1.62 bits per heavy atom. The third-order valence-corrected chi connectivity index (χ3v) is 3.31. The lowest BCUT2D eigenvalue weighted by molar-refractivity contribution is 0.285. The lowest BCUT2D eigenvalue weighted by atomic mass is 9.87. The van der Waals surface area contributed by atoms with Crippen molar-refractivity contribution in [3.8, 4) is 0 Å². The Hall–Kier alpha value is -0.0800. The zero-order valence-corrected chi connectivity index (χ0v) is 8.94. The highest BCUT2D eigenvalue weighted by molar-refractivity contribution is 4.80. The van der Waals surface area contributed by atoms with Gasteiger partial charge in [-0.2, -0.15) is 0 Å². The molecule has 0 spiro atoms. The Labute approximate surface area is 82.2 Å². The summed E-state index contributed by atoms with van der Waals surface area (Å²) in [5.41, 5.74) is 3.20. The average Bonchev–Trinajstić information content (AvgIpc) is 2.16. The maximum atomic E-state index is 5.60. The van der Waals surface area contributed by atoms with Crippen LogP contribution in [0.4, 0.5) is 0 Å². The van der Waals surface area contributed by atoms with Crippen molar-refractivity contribution in [2.75, 3.05) is 0 Å². The second-order valence-corrected chi connectivity index (χ2v) is 4.68. The van der Waals surface area contributed by atoms with Crippen LogP contribution in [0.15, 0.2) is 0 Å². The Bertz CT molecular complexity index is 124. The number of hydrogen-bond donors (Lipinski definition) is 2. The molecule has 0 aliphatic heterocycles. The first-order valence-corrected chi connectivity index (χ1v) is 5.75. The van der Waals surface area contributed by atoms with Crippen molar-refractivity contribution in [1.29, 1.82) is 0 Å². The second kappa shape index (κ2) is 5.61. The van der Waals surface area contributed by atoms with Gasteiger partial charge in [-0.3, -0.25) is 11.3 Å². The maximum Gasteiger partial charge on any atom is 0.0293 e. The molecular weight excluding hydrogens is 160 g/mol. The first-order valence-electron chi connectivity index (χ1n) is 5.75. The molecule has 0 aromatic rings. The number of hydrogen-bond acceptors (Lipinski definition) is 2. The van der Waals surface area contributed by atoms with Crippen LogP contribution in [0.2, 0.25) is 0 Å². The first-order chi connectivity index (χ1) is 6.27. The third-order valence-electron chi connectivity index (χ3n) is 3.31. The van der Waals surface area contributed by atoms with Crippen LogP contribution in [0, 0.1) is 0 Å². The molecule has 0 bridgehead atoms. The van der Waals surface area contributed by atoms with E-state index in [-0.39, 0.29) is 5.54 Å². The van der Waals surface area contributed by atoms with Gasteiger partial charge in [-0.1, -0.05) is 44.9 Å². The lowest BCUT2D eigenvalue weighted by Gasteiger charge is -2.29. The Morgan fingerprint density at radius 2 is 1.23 bits per heavy atom. The van der Waals surface area contributed by atoms with E-state index < -0.39 is 0 Å². The van der Waals surface area contributed by atoms with Crippen LogP contribution in [-0.2, 0) is 0 Å². The zero-order valence-electron chi connectivity index (χ0n) is 8.94. The van der Waals surface area contributed by atoms with E-state index in [2.05, 4.69) is 12.3 Å². The summed E-state index contributed by atoms with van der Waals surface area (Å²) < 4.78 is 0. The molecule has 1 rings (SSSR count). The molecule has 0 saturated heterocycles. The van der Waals surface area contributed by atoms with Crippen molar-refractivity contribution in [1.82, 2.24) is 5.43 Å². The van der Waals surface area contributed by atoms with Crippen LogP contribution in [0.1, 0.15) is 64.7 Å². The van der Waals surface area contributed by atoms with Crippen molar-refractivity contribution in [3.05, 3.63) is 0 Å². The van der Waals surface area contributed by atoms with Gasteiger partial charge in [-0.25, -0.2) is 0 Å². The topological polar surface area (TPSA) is 38.0 Å². The molecule has 78 valence electrons. The zero-order chi connectivity index (χ0) is 9.57. The summed E-state index contributed by atoms with van der Waals surface area (Å²) in [6.07, 6.45) is 12.2. The molecule has 0 unspecified atom stereocenters. The van der Waals surface area contributed by atoms with Crippen molar-refractivity contribution in [2.45, 2.75) is 70.3 Å². The molecule has 0 heterocycles. The van der Waals surface area contributed by atoms with Gasteiger partial charge in [0.1, 0.15) is 0 Å². The summed E-state index contributed by atoms with van der Waals surface area (Å²) >= 11 is 0. The molecular formula is C11H24N2. The van der Waals surface area contributed by atoms with Crippen molar-refractivity contribution < 1.29 is 0 Å². The van der Waals surface area contributed by atoms with Crippen LogP contribution in [-0.4, -0.2) is 5.54 Å². The number of nitrogens with one attached hydrogen (secondary N) is 1. The summed E-state index contributed by atoms with van der Waals surface area (Å²) in [5, 5.41) is 0. The third kappa shape index (κ3) is 4.10. The van der Waals surface area contributed by atoms with E-state index >= 15 is 0 Å². The lowest BCUT2D eigenvalue weighted by Crippen LogP contribution is -2.46. The van der Waals surface area contributed by atoms with E-state index in [9.17, 15) is 0 Å². The van der Waals surface area contributed by atoms with E-state index in [1.807, 2.05) is 0 Å². The minimum atomic E-state index is 0.206. The first kappa shape index (κ1) is 11.0. The van der Waals surface area contributed by atoms with Crippen LogP contribution < -0.4 is 11.3 Å². The maximum absolute atomic E-state index is 5.60. The number of nitrogens with two attached hydrogens (primary N) is 1. The molecule has 1 aliphatic carbocycles. The molecule has 1 saturated carbocycles. The van der Waals surface area contributed by atoms with E-state index in [0.717, 1.165) is 0 Å². The molecule has 1 aliphatic rings. The SMILES string of the molecule is CC1(NN)CCCCCCCCC1. The number of hydrazine groups is 1. The highest BCUT2D eigenvalue weighted by atomic mass is 15.3. The predicted molar refractivity (Wildman–Crippen MR) is 57.3 cm³/mol. The minimum Gasteiger partial charge on any atom is -0.271 e. The second-order valence-electron chi connectivity index (χ2n) is 4.68. The van der Waals surface area contributed by atoms with E-state index in [4.69, 9.17) is 5.84 Å². The predicted octanol–water partition coefficient (Wildman–Crippen LogP) is 2.73. The van der Waals surface area contributed by atoms with Gasteiger partial charge in [0.05, 0.1) is 0 Å². The van der Waals surface area contributed by atoms with Gasteiger partial charge in [-0.15, -0.1) is 0 Å². The molecule has 3 N–H and O–H groups in total. The van der Waals surface area contributed by atoms with E-state index in [1.54, 1.807) is 0 Å². The molecule has 0 aromatic heterocycles. The molecule has 2 heteroatoms. The summed E-state index contributed by atoms with van der Waals surface area (Å²) in [6, 6.07) is 0. The largest absolute Gasteiger partial charge is 0.271 e. The molecule has 0 amide bonds. The Kier molecular flexibility index (Phi) is 4.74. The fraction of sp³-hybridized carbons (Fsp3) is 1.00. The standard InChI is InChI=1S/C11H24N2/c1-11(13-12)9-7-5-3-2-4-6-8-10-11/h13H,2-10,12H2,1H3.